The molecule has 8 heteroatoms. The molecule has 0 radical (unpaired) electrons. The van der Waals surface area contributed by atoms with Crippen LogP contribution in [-0.2, 0) is 19.1 Å². The van der Waals surface area contributed by atoms with Crippen LogP contribution in [0.5, 0.6) is 0 Å². The number of hydrogen-bond donors (Lipinski definition) is 1. The Balaban J connectivity index is 1.99. The molecule has 3 rings (SSSR count). The number of esters is 2. The first-order valence-corrected chi connectivity index (χ1v) is 9.16. The second kappa shape index (κ2) is 9.53. The highest BCUT2D eigenvalue weighted by Gasteiger charge is 2.27. The van der Waals surface area contributed by atoms with Gasteiger partial charge < -0.3 is 19.7 Å². The Labute approximate surface area is 178 Å². The van der Waals surface area contributed by atoms with Gasteiger partial charge in [0, 0.05) is 23.1 Å². The second-order valence-corrected chi connectivity index (χ2v) is 6.33. The molecule has 0 saturated heterocycles. The maximum absolute atomic E-state index is 13.1. The topological polar surface area (TPSA) is 84.9 Å². The Morgan fingerprint density at radius 2 is 1.65 bits per heavy atom. The fraction of sp³-hybridized carbons (Fsp3) is 0.0870. The standard InChI is InChI=1S/C23H19FN2O5/c1-30-22(28)19-8-3-4-13-26(20(19)23(29)31-2)18-7-5-6-15(14-18)21(27)25-17-11-9-16(24)10-12-17/h3-14H,1-2H3,(H,25,27). The highest BCUT2D eigenvalue weighted by atomic mass is 19.1. The van der Waals surface area contributed by atoms with E-state index in [0.29, 0.717) is 11.4 Å². The van der Waals surface area contributed by atoms with Gasteiger partial charge in [-0.1, -0.05) is 12.1 Å². The number of carbonyl (C=O) groups excluding carboxylic acids is 3. The minimum Gasteiger partial charge on any atom is -0.465 e. The van der Waals surface area contributed by atoms with E-state index in [1.807, 2.05) is 0 Å². The van der Waals surface area contributed by atoms with Gasteiger partial charge >= 0.3 is 11.9 Å². The van der Waals surface area contributed by atoms with E-state index in [2.05, 4.69) is 5.32 Å². The molecule has 0 saturated carbocycles. The summed E-state index contributed by atoms with van der Waals surface area (Å²) in [5, 5.41) is 2.68. The summed E-state index contributed by atoms with van der Waals surface area (Å²) in [4.78, 5) is 38.9. The van der Waals surface area contributed by atoms with Gasteiger partial charge in [-0.05, 0) is 54.6 Å². The quantitative estimate of drug-likeness (QED) is 0.742. The fourth-order valence-electron chi connectivity index (χ4n) is 2.90. The van der Waals surface area contributed by atoms with Crippen molar-refractivity contribution in [1.29, 1.82) is 0 Å². The van der Waals surface area contributed by atoms with Gasteiger partial charge in [-0.15, -0.1) is 0 Å². The average molecular weight is 422 g/mol. The molecule has 0 spiro atoms. The zero-order valence-corrected chi connectivity index (χ0v) is 16.8. The van der Waals surface area contributed by atoms with Crippen molar-refractivity contribution in [3.8, 4) is 0 Å². The minimum absolute atomic E-state index is 0.000478. The molecule has 2 aromatic carbocycles. The lowest BCUT2D eigenvalue weighted by molar-refractivity contribution is -0.139. The molecule has 31 heavy (non-hydrogen) atoms. The number of rotatable bonds is 5. The van der Waals surface area contributed by atoms with E-state index in [1.54, 1.807) is 42.6 Å². The average Bonchev–Trinajstić information content (AvgIpc) is 3.02. The molecule has 1 N–H and O–H groups in total. The fourth-order valence-corrected chi connectivity index (χ4v) is 2.90. The maximum atomic E-state index is 13.1. The van der Waals surface area contributed by atoms with Crippen molar-refractivity contribution in [1.82, 2.24) is 0 Å². The van der Waals surface area contributed by atoms with E-state index in [9.17, 15) is 18.8 Å². The first kappa shape index (κ1) is 21.5. The van der Waals surface area contributed by atoms with E-state index in [1.165, 1.54) is 49.5 Å². The molecule has 7 nitrogen and oxygen atoms in total. The van der Waals surface area contributed by atoms with Gasteiger partial charge in [0.2, 0.25) is 0 Å². The van der Waals surface area contributed by atoms with E-state index in [0.717, 1.165) is 0 Å². The lowest BCUT2D eigenvalue weighted by Gasteiger charge is -2.23. The summed E-state index contributed by atoms with van der Waals surface area (Å²) in [5.41, 5.74) is 1.10. The smallest absolute Gasteiger partial charge is 0.355 e. The largest absolute Gasteiger partial charge is 0.465 e. The number of methoxy groups -OCH3 is 2. The van der Waals surface area contributed by atoms with Gasteiger partial charge in [0.15, 0.2) is 0 Å². The predicted octanol–water partition coefficient (Wildman–Crippen LogP) is 3.57. The molecule has 1 aliphatic rings. The van der Waals surface area contributed by atoms with Crippen LogP contribution < -0.4 is 10.2 Å². The lowest BCUT2D eigenvalue weighted by Crippen LogP contribution is -2.27. The van der Waals surface area contributed by atoms with Crippen LogP contribution in [0.25, 0.3) is 0 Å². The van der Waals surface area contributed by atoms with Crippen LogP contribution in [-0.4, -0.2) is 32.1 Å². The molecular weight excluding hydrogens is 403 g/mol. The molecule has 0 bridgehead atoms. The van der Waals surface area contributed by atoms with Crippen LogP contribution in [0.4, 0.5) is 15.8 Å². The van der Waals surface area contributed by atoms with Crippen LogP contribution in [0.3, 0.4) is 0 Å². The van der Waals surface area contributed by atoms with Crippen LogP contribution in [0, 0.1) is 5.82 Å². The number of nitrogens with one attached hydrogen (secondary N) is 1. The zero-order valence-electron chi connectivity index (χ0n) is 16.8. The summed E-state index contributed by atoms with van der Waals surface area (Å²) in [7, 11) is 2.41. The van der Waals surface area contributed by atoms with Gasteiger partial charge in [0.25, 0.3) is 5.91 Å². The second-order valence-electron chi connectivity index (χ2n) is 6.33. The van der Waals surface area contributed by atoms with E-state index in [4.69, 9.17) is 9.47 Å². The summed E-state index contributed by atoms with van der Waals surface area (Å²) in [6.07, 6.45) is 6.22. The summed E-state index contributed by atoms with van der Waals surface area (Å²) in [6, 6.07) is 11.8. The number of amides is 1. The normalized spacial score (nSPS) is 12.9. The number of hydrogen-bond acceptors (Lipinski definition) is 6. The Kier molecular flexibility index (Phi) is 6.61. The van der Waals surface area contributed by atoms with Crippen molar-refractivity contribution in [3.05, 3.63) is 95.6 Å². The predicted molar refractivity (Wildman–Crippen MR) is 113 cm³/mol. The Bertz CT molecular complexity index is 1100. The minimum atomic E-state index is -0.752. The molecule has 1 amide bonds. The number of nitrogens with zero attached hydrogens (tertiary/aromatic N) is 1. The third kappa shape index (κ3) is 4.87. The number of halogens is 1. The molecule has 0 fully saturated rings. The first-order valence-electron chi connectivity index (χ1n) is 9.16. The molecule has 0 atom stereocenters. The number of anilines is 2. The molecule has 1 heterocycles. The molecule has 2 aromatic rings. The van der Waals surface area contributed by atoms with E-state index in [-0.39, 0.29) is 16.8 Å². The number of allylic oxidation sites excluding steroid dienone is 2. The van der Waals surface area contributed by atoms with Gasteiger partial charge in [-0.2, -0.15) is 0 Å². The molecular formula is C23H19FN2O5. The Morgan fingerprint density at radius 3 is 2.32 bits per heavy atom. The first-order chi connectivity index (χ1) is 14.9. The Hall–Kier alpha value is -4.20. The van der Waals surface area contributed by atoms with Crippen molar-refractivity contribution in [2.75, 3.05) is 24.4 Å². The van der Waals surface area contributed by atoms with Gasteiger partial charge in [-0.3, -0.25) is 4.79 Å². The van der Waals surface area contributed by atoms with Crippen LogP contribution in [0.2, 0.25) is 0 Å². The lowest BCUT2D eigenvalue weighted by atomic mass is 10.1. The van der Waals surface area contributed by atoms with Crippen molar-refractivity contribution < 1.29 is 28.2 Å². The number of ether oxygens (including phenoxy) is 2. The molecule has 158 valence electrons. The monoisotopic (exact) mass is 422 g/mol. The molecule has 0 unspecified atom stereocenters. The SMILES string of the molecule is COC(=O)C1=C(C(=O)OC)N(c2cccc(C(=O)Nc3ccc(F)cc3)c2)C=CC=C1. The summed E-state index contributed by atoms with van der Waals surface area (Å²) < 4.78 is 22.7. The van der Waals surface area contributed by atoms with Gasteiger partial charge in [0.1, 0.15) is 11.5 Å². The molecule has 0 aliphatic carbocycles. The van der Waals surface area contributed by atoms with Gasteiger partial charge in [0.05, 0.1) is 19.8 Å². The van der Waals surface area contributed by atoms with Crippen molar-refractivity contribution in [2.45, 2.75) is 0 Å². The van der Waals surface area contributed by atoms with Crippen molar-refractivity contribution in [3.63, 3.8) is 0 Å². The van der Waals surface area contributed by atoms with Crippen LogP contribution in [0.15, 0.2) is 84.2 Å². The van der Waals surface area contributed by atoms with Crippen molar-refractivity contribution in [2.24, 2.45) is 0 Å². The zero-order chi connectivity index (χ0) is 22.4. The third-order valence-corrected chi connectivity index (χ3v) is 4.38. The van der Waals surface area contributed by atoms with Gasteiger partial charge in [-0.25, -0.2) is 14.0 Å². The maximum Gasteiger partial charge on any atom is 0.355 e. The number of benzene rings is 2. The molecule has 0 aromatic heterocycles. The molecule has 1 aliphatic heterocycles. The highest BCUT2D eigenvalue weighted by molar-refractivity contribution is 6.07. The summed E-state index contributed by atoms with van der Waals surface area (Å²) >= 11 is 0. The van der Waals surface area contributed by atoms with E-state index >= 15 is 0 Å². The number of carbonyl (C=O) groups is 3. The van der Waals surface area contributed by atoms with E-state index < -0.39 is 23.7 Å². The van der Waals surface area contributed by atoms with Crippen LogP contribution >= 0.6 is 0 Å². The highest BCUT2D eigenvalue weighted by Crippen LogP contribution is 2.27. The van der Waals surface area contributed by atoms with Crippen LogP contribution in [0.1, 0.15) is 10.4 Å². The van der Waals surface area contributed by atoms with Crippen molar-refractivity contribution >= 4 is 29.2 Å². The Morgan fingerprint density at radius 1 is 0.935 bits per heavy atom. The third-order valence-electron chi connectivity index (χ3n) is 4.38. The summed E-state index contributed by atoms with van der Waals surface area (Å²) in [6.45, 7) is 0. The summed E-state index contributed by atoms with van der Waals surface area (Å²) in [5.74, 6) is -2.31.